The zero-order chi connectivity index (χ0) is 18.4. The minimum Gasteiger partial charge on any atom is -0.489 e. The van der Waals surface area contributed by atoms with E-state index in [0.717, 1.165) is 5.56 Å². The standard InChI is InChI=1S/C20H17ClN2O2S/c1-26-20-22-10-9-17(23-20)12-19(24)15-3-2-4-18(11-15)25-13-14-5-7-16(21)8-6-14/h2-11H,12-13H2,1H3. The predicted octanol–water partition coefficient (Wildman–Crippen LogP) is 4.86. The van der Waals surface area contributed by atoms with E-state index < -0.39 is 0 Å². The predicted molar refractivity (Wildman–Crippen MR) is 104 cm³/mol. The number of carbonyl (C=O) groups excluding carboxylic acids is 1. The van der Waals surface area contributed by atoms with Crippen molar-refractivity contribution in [3.8, 4) is 5.75 Å². The number of ether oxygens (including phenoxy) is 1. The molecule has 2 aromatic carbocycles. The molecule has 0 spiro atoms. The molecule has 3 rings (SSSR count). The number of hydrogen-bond donors (Lipinski definition) is 0. The van der Waals surface area contributed by atoms with E-state index in [9.17, 15) is 4.79 Å². The van der Waals surface area contributed by atoms with E-state index in [-0.39, 0.29) is 12.2 Å². The Labute approximate surface area is 161 Å². The summed E-state index contributed by atoms with van der Waals surface area (Å²) in [4.78, 5) is 21.0. The molecular formula is C20H17ClN2O2S. The van der Waals surface area contributed by atoms with Gasteiger partial charge in [0.25, 0.3) is 0 Å². The lowest BCUT2D eigenvalue weighted by molar-refractivity contribution is 0.0991. The molecule has 0 aliphatic carbocycles. The monoisotopic (exact) mass is 384 g/mol. The summed E-state index contributed by atoms with van der Waals surface area (Å²) in [5, 5.41) is 1.35. The van der Waals surface area contributed by atoms with Crippen LogP contribution in [0.4, 0.5) is 0 Å². The number of rotatable bonds is 7. The van der Waals surface area contributed by atoms with E-state index in [0.29, 0.717) is 33.8 Å². The molecular weight excluding hydrogens is 368 g/mol. The minimum atomic E-state index is -0.00676. The second kappa shape index (κ2) is 8.83. The quantitative estimate of drug-likeness (QED) is 0.331. The van der Waals surface area contributed by atoms with Gasteiger partial charge in [-0.1, -0.05) is 47.6 Å². The SMILES string of the molecule is CSc1nccc(CC(=O)c2cccc(OCc3ccc(Cl)cc3)c2)n1. The van der Waals surface area contributed by atoms with Crippen LogP contribution < -0.4 is 4.74 Å². The van der Waals surface area contributed by atoms with Crippen molar-refractivity contribution in [3.63, 3.8) is 0 Å². The van der Waals surface area contributed by atoms with Crippen molar-refractivity contribution in [1.29, 1.82) is 0 Å². The van der Waals surface area contributed by atoms with Crippen molar-refractivity contribution in [3.05, 3.63) is 82.6 Å². The van der Waals surface area contributed by atoms with Crippen molar-refractivity contribution in [1.82, 2.24) is 9.97 Å². The molecule has 0 saturated heterocycles. The number of carbonyl (C=O) groups is 1. The molecule has 0 atom stereocenters. The van der Waals surface area contributed by atoms with Crippen LogP contribution >= 0.6 is 23.4 Å². The number of halogens is 1. The first kappa shape index (κ1) is 18.4. The first-order valence-electron chi connectivity index (χ1n) is 8.00. The van der Waals surface area contributed by atoms with Gasteiger partial charge in [0.15, 0.2) is 10.9 Å². The van der Waals surface area contributed by atoms with Crippen LogP contribution in [0.15, 0.2) is 66.0 Å². The lowest BCUT2D eigenvalue weighted by Gasteiger charge is -2.08. The number of hydrogen-bond acceptors (Lipinski definition) is 5. The van der Waals surface area contributed by atoms with Crippen molar-refractivity contribution in [2.24, 2.45) is 0 Å². The van der Waals surface area contributed by atoms with Gasteiger partial charge >= 0.3 is 0 Å². The van der Waals surface area contributed by atoms with Gasteiger partial charge in [-0.25, -0.2) is 9.97 Å². The molecule has 0 unspecified atom stereocenters. The van der Waals surface area contributed by atoms with Crippen LogP contribution in [-0.2, 0) is 13.0 Å². The molecule has 0 fully saturated rings. The van der Waals surface area contributed by atoms with E-state index >= 15 is 0 Å². The fourth-order valence-corrected chi connectivity index (χ4v) is 2.85. The van der Waals surface area contributed by atoms with Gasteiger partial charge in [0, 0.05) is 16.8 Å². The van der Waals surface area contributed by atoms with Crippen molar-refractivity contribution < 1.29 is 9.53 Å². The molecule has 1 aromatic heterocycles. The summed E-state index contributed by atoms with van der Waals surface area (Å²) in [7, 11) is 0. The van der Waals surface area contributed by atoms with E-state index in [4.69, 9.17) is 16.3 Å². The maximum absolute atomic E-state index is 12.5. The van der Waals surface area contributed by atoms with Crippen molar-refractivity contribution >= 4 is 29.1 Å². The van der Waals surface area contributed by atoms with Crippen LogP contribution in [0, 0.1) is 0 Å². The molecule has 26 heavy (non-hydrogen) atoms. The summed E-state index contributed by atoms with van der Waals surface area (Å²) in [6.45, 7) is 0.414. The molecule has 0 aliphatic rings. The van der Waals surface area contributed by atoms with E-state index in [1.807, 2.05) is 42.7 Å². The second-order valence-corrected chi connectivity index (χ2v) is 6.79. The highest BCUT2D eigenvalue weighted by Gasteiger charge is 2.10. The van der Waals surface area contributed by atoms with Crippen LogP contribution in [-0.4, -0.2) is 22.0 Å². The molecule has 1 heterocycles. The van der Waals surface area contributed by atoms with Crippen LogP contribution in [0.3, 0.4) is 0 Å². The minimum absolute atomic E-state index is 0.00676. The number of thioether (sulfide) groups is 1. The molecule has 0 aliphatic heterocycles. The summed E-state index contributed by atoms with van der Waals surface area (Å²) in [6, 6.07) is 16.4. The highest BCUT2D eigenvalue weighted by molar-refractivity contribution is 7.98. The fourth-order valence-electron chi connectivity index (χ4n) is 2.35. The van der Waals surface area contributed by atoms with E-state index in [2.05, 4.69) is 9.97 Å². The van der Waals surface area contributed by atoms with Crippen LogP contribution in [0.2, 0.25) is 5.02 Å². The van der Waals surface area contributed by atoms with Gasteiger partial charge in [-0.2, -0.15) is 0 Å². The molecule has 0 N–H and O–H groups in total. The van der Waals surface area contributed by atoms with Crippen molar-refractivity contribution in [2.75, 3.05) is 6.26 Å². The zero-order valence-electron chi connectivity index (χ0n) is 14.2. The summed E-state index contributed by atoms with van der Waals surface area (Å²) in [6.07, 6.45) is 3.81. The Kier molecular flexibility index (Phi) is 6.26. The Bertz CT molecular complexity index is 900. The number of aromatic nitrogens is 2. The average molecular weight is 385 g/mol. The summed E-state index contributed by atoms with van der Waals surface area (Å²) < 4.78 is 5.79. The lowest BCUT2D eigenvalue weighted by Crippen LogP contribution is -2.06. The Hall–Kier alpha value is -2.37. The molecule has 0 radical (unpaired) electrons. The molecule has 0 bridgehead atoms. The first-order valence-corrected chi connectivity index (χ1v) is 9.61. The number of Topliss-reactive ketones (excluding diaryl/α,β-unsaturated/α-hetero) is 1. The smallest absolute Gasteiger partial charge is 0.187 e. The topological polar surface area (TPSA) is 52.1 Å². The number of benzene rings is 2. The third-order valence-electron chi connectivity index (χ3n) is 3.69. The van der Waals surface area contributed by atoms with Gasteiger partial charge in [-0.05, 0) is 42.2 Å². The normalized spacial score (nSPS) is 10.5. The molecule has 6 heteroatoms. The summed E-state index contributed by atoms with van der Waals surface area (Å²) >= 11 is 7.33. The van der Waals surface area contributed by atoms with E-state index in [1.165, 1.54) is 11.8 Å². The zero-order valence-corrected chi connectivity index (χ0v) is 15.8. The average Bonchev–Trinajstić information content (AvgIpc) is 2.68. The highest BCUT2D eigenvalue weighted by atomic mass is 35.5. The number of ketones is 1. The molecule has 3 aromatic rings. The Morgan fingerprint density at radius 3 is 2.73 bits per heavy atom. The lowest BCUT2D eigenvalue weighted by atomic mass is 10.1. The largest absolute Gasteiger partial charge is 0.489 e. The molecule has 4 nitrogen and oxygen atoms in total. The van der Waals surface area contributed by atoms with Gasteiger partial charge in [0.1, 0.15) is 12.4 Å². The first-order chi connectivity index (χ1) is 12.6. The Morgan fingerprint density at radius 1 is 1.15 bits per heavy atom. The van der Waals surface area contributed by atoms with Crippen LogP contribution in [0.1, 0.15) is 21.6 Å². The fraction of sp³-hybridized carbons (Fsp3) is 0.150. The van der Waals surface area contributed by atoms with Gasteiger partial charge in [0.2, 0.25) is 0 Å². The maximum Gasteiger partial charge on any atom is 0.187 e. The summed E-state index contributed by atoms with van der Waals surface area (Å²) in [5.74, 6) is 0.644. The molecule has 132 valence electrons. The third-order valence-corrected chi connectivity index (χ3v) is 4.50. The van der Waals surface area contributed by atoms with Gasteiger partial charge < -0.3 is 4.74 Å². The summed E-state index contributed by atoms with van der Waals surface area (Å²) in [5.41, 5.74) is 2.32. The van der Waals surface area contributed by atoms with Gasteiger partial charge in [-0.3, -0.25) is 4.79 Å². The van der Waals surface area contributed by atoms with Crippen molar-refractivity contribution in [2.45, 2.75) is 18.2 Å². The van der Waals surface area contributed by atoms with Gasteiger partial charge in [-0.15, -0.1) is 0 Å². The number of nitrogens with zero attached hydrogens (tertiary/aromatic N) is 2. The van der Waals surface area contributed by atoms with Crippen LogP contribution in [0.5, 0.6) is 5.75 Å². The van der Waals surface area contributed by atoms with Gasteiger partial charge in [0.05, 0.1) is 12.1 Å². The van der Waals surface area contributed by atoms with Crippen LogP contribution in [0.25, 0.3) is 0 Å². The molecule has 0 saturated carbocycles. The Balaban J connectivity index is 1.65. The Morgan fingerprint density at radius 2 is 1.96 bits per heavy atom. The maximum atomic E-state index is 12.5. The third kappa shape index (κ3) is 5.07. The van der Waals surface area contributed by atoms with E-state index in [1.54, 1.807) is 24.4 Å². The molecule has 0 amide bonds. The highest BCUT2D eigenvalue weighted by Crippen LogP contribution is 2.18. The second-order valence-electron chi connectivity index (χ2n) is 5.58.